The summed E-state index contributed by atoms with van der Waals surface area (Å²) in [7, 11) is 1.70. The Balaban J connectivity index is 1.37. The van der Waals surface area contributed by atoms with Crippen LogP contribution in [-0.2, 0) is 11.3 Å². The lowest BCUT2D eigenvalue weighted by Crippen LogP contribution is -2.59. The molecule has 1 aromatic carbocycles. The third-order valence-electron chi connectivity index (χ3n) is 6.89. The Morgan fingerprint density at radius 3 is 2.55 bits per heavy atom. The number of aryl methyl sites for hydroxylation is 3. The number of carbonyl (C=O) groups is 1. The number of aromatic nitrogens is 2. The molecule has 2 aliphatic carbocycles. The van der Waals surface area contributed by atoms with Gasteiger partial charge in [-0.3, -0.25) is 9.48 Å². The number of hydrogen-bond donors (Lipinski definition) is 1. The smallest absolute Gasteiger partial charge is 0.220 e. The van der Waals surface area contributed by atoms with Crippen molar-refractivity contribution in [3.8, 4) is 5.75 Å². The molecule has 0 saturated heterocycles. The molecule has 2 aromatic rings. The van der Waals surface area contributed by atoms with Crippen molar-refractivity contribution >= 4 is 5.91 Å². The molecule has 2 fully saturated rings. The number of methoxy groups -OCH3 is 1. The highest BCUT2D eigenvalue weighted by Gasteiger charge is 2.51. The summed E-state index contributed by atoms with van der Waals surface area (Å²) in [4.78, 5) is 12.7. The highest BCUT2D eigenvalue weighted by atomic mass is 16.5. The number of nitrogens with zero attached hydrogens (tertiary/aromatic N) is 2. The Labute approximate surface area is 173 Å². The molecule has 1 aromatic heterocycles. The summed E-state index contributed by atoms with van der Waals surface area (Å²) >= 11 is 0. The highest BCUT2D eigenvalue weighted by Crippen LogP contribution is 2.54. The van der Waals surface area contributed by atoms with Gasteiger partial charge in [-0.25, -0.2) is 0 Å². The van der Waals surface area contributed by atoms with Crippen molar-refractivity contribution in [2.24, 2.45) is 11.8 Å². The molecule has 1 heterocycles. The fourth-order valence-electron chi connectivity index (χ4n) is 5.49. The number of fused-ring (bicyclic) bond motifs is 1. The van der Waals surface area contributed by atoms with E-state index in [4.69, 9.17) is 4.74 Å². The lowest BCUT2D eigenvalue weighted by Gasteiger charge is -2.55. The van der Waals surface area contributed by atoms with Crippen LogP contribution in [0.4, 0.5) is 0 Å². The number of nitrogens with one attached hydrogen (secondary N) is 1. The topological polar surface area (TPSA) is 56.1 Å². The summed E-state index contributed by atoms with van der Waals surface area (Å²) in [6, 6.07) is 10.8. The second-order valence-corrected chi connectivity index (χ2v) is 8.76. The fraction of sp³-hybridized carbons (Fsp3) is 0.583. The van der Waals surface area contributed by atoms with Crippen molar-refractivity contribution in [3.63, 3.8) is 0 Å². The van der Waals surface area contributed by atoms with Gasteiger partial charge in [0.25, 0.3) is 0 Å². The molecule has 0 radical (unpaired) electrons. The zero-order valence-electron chi connectivity index (χ0n) is 17.9. The highest BCUT2D eigenvalue weighted by molar-refractivity contribution is 5.76. The van der Waals surface area contributed by atoms with Crippen LogP contribution in [0.5, 0.6) is 5.75 Å². The van der Waals surface area contributed by atoms with Crippen LogP contribution in [0.2, 0.25) is 0 Å². The molecule has 0 spiro atoms. The summed E-state index contributed by atoms with van der Waals surface area (Å²) in [6.45, 7) is 4.87. The van der Waals surface area contributed by atoms with Crippen LogP contribution < -0.4 is 10.1 Å². The maximum atomic E-state index is 12.7. The van der Waals surface area contributed by atoms with E-state index in [-0.39, 0.29) is 11.9 Å². The molecule has 2 aliphatic rings. The molecule has 4 rings (SSSR count). The van der Waals surface area contributed by atoms with Gasteiger partial charge in [-0.15, -0.1) is 0 Å². The van der Waals surface area contributed by atoms with E-state index >= 15 is 0 Å². The molecule has 29 heavy (non-hydrogen) atoms. The summed E-state index contributed by atoms with van der Waals surface area (Å²) in [5, 5.41) is 7.89. The Morgan fingerprint density at radius 2 is 1.90 bits per heavy atom. The fourth-order valence-corrected chi connectivity index (χ4v) is 5.49. The van der Waals surface area contributed by atoms with Gasteiger partial charge >= 0.3 is 0 Å². The minimum Gasteiger partial charge on any atom is -0.497 e. The Hall–Kier alpha value is -2.30. The standard InChI is InChI=1S/C24H33N3O2/c1-16-15-17(2)27(26-16)14-6-9-22(28)25-24-21-8-5-4-7-20(21)23(24)18-10-12-19(29-3)13-11-18/h10-13,15,20-21,23-24H,4-9,14H2,1-3H3,(H,25,28)/t20-,21+,23+,24+/m1/s1. The van der Waals surface area contributed by atoms with Crippen LogP contribution in [-0.4, -0.2) is 28.8 Å². The second kappa shape index (κ2) is 8.60. The molecule has 5 nitrogen and oxygen atoms in total. The summed E-state index contributed by atoms with van der Waals surface area (Å²) < 4.78 is 7.32. The summed E-state index contributed by atoms with van der Waals surface area (Å²) in [6.07, 6.45) is 6.51. The van der Waals surface area contributed by atoms with Gasteiger partial charge in [0.05, 0.1) is 12.8 Å². The monoisotopic (exact) mass is 395 g/mol. The van der Waals surface area contributed by atoms with E-state index in [1.165, 1.54) is 31.2 Å². The van der Waals surface area contributed by atoms with Crippen LogP contribution in [0, 0.1) is 25.7 Å². The number of hydrogen-bond acceptors (Lipinski definition) is 3. The van der Waals surface area contributed by atoms with Crippen molar-refractivity contribution in [1.29, 1.82) is 0 Å². The van der Waals surface area contributed by atoms with Crippen LogP contribution >= 0.6 is 0 Å². The SMILES string of the molecule is COc1ccc([C@H]2[C@@H]3CCCC[C@@H]3[C@@H]2NC(=O)CCCn2nc(C)cc2C)cc1. The number of amides is 1. The van der Waals surface area contributed by atoms with E-state index in [1.54, 1.807) is 7.11 Å². The van der Waals surface area contributed by atoms with Gasteiger partial charge in [0, 0.05) is 30.6 Å². The van der Waals surface area contributed by atoms with Crippen LogP contribution in [0.3, 0.4) is 0 Å². The molecule has 156 valence electrons. The number of ether oxygens (including phenoxy) is 1. The molecule has 0 unspecified atom stereocenters. The number of rotatable bonds is 7. The van der Waals surface area contributed by atoms with Crippen LogP contribution in [0.1, 0.15) is 61.4 Å². The Kier molecular flexibility index (Phi) is 5.93. The normalized spacial score (nSPS) is 25.8. The van der Waals surface area contributed by atoms with Gasteiger partial charge in [0.2, 0.25) is 5.91 Å². The lowest BCUT2D eigenvalue weighted by atomic mass is 9.53. The molecule has 2 saturated carbocycles. The molecule has 5 heteroatoms. The average Bonchev–Trinajstić information content (AvgIpc) is 3.04. The Bertz CT molecular complexity index is 842. The van der Waals surface area contributed by atoms with E-state index in [0.717, 1.165) is 30.1 Å². The molecular weight excluding hydrogens is 362 g/mol. The average molecular weight is 396 g/mol. The largest absolute Gasteiger partial charge is 0.497 e. The number of carbonyl (C=O) groups excluding carboxylic acids is 1. The third-order valence-corrected chi connectivity index (χ3v) is 6.89. The van der Waals surface area contributed by atoms with Gasteiger partial charge in [0.15, 0.2) is 0 Å². The van der Waals surface area contributed by atoms with E-state index < -0.39 is 0 Å². The van der Waals surface area contributed by atoms with Gasteiger partial charge in [-0.05, 0) is 68.7 Å². The maximum Gasteiger partial charge on any atom is 0.220 e. The van der Waals surface area contributed by atoms with Crippen molar-refractivity contribution in [2.75, 3.05) is 7.11 Å². The van der Waals surface area contributed by atoms with Gasteiger partial charge < -0.3 is 10.1 Å². The summed E-state index contributed by atoms with van der Waals surface area (Å²) in [5.41, 5.74) is 3.53. The lowest BCUT2D eigenvalue weighted by molar-refractivity contribution is -0.125. The minimum atomic E-state index is 0.180. The van der Waals surface area contributed by atoms with Crippen molar-refractivity contribution in [1.82, 2.24) is 15.1 Å². The predicted molar refractivity (Wildman–Crippen MR) is 114 cm³/mol. The van der Waals surface area contributed by atoms with Crippen molar-refractivity contribution in [2.45, 2.75) is 70.9 Å². The minimum absolute atomic E-state index is 0.180. The maximum absolute atomic E-state index is 12.7. The van der Waals surface area contributed by atoms with Crippen LogP contribution in [0.25, 0.3) is 0 Å². The van der Waals surface area contributed by atoms with E-state index in [9.17, 15) is 4.79 Å². The first-order chi connectivity index (χ1) is 14.1. The molecule has 0 aliphatic heterocycles. The van der Waals surface area contributed by atoms with Crippen molar-refractivity contribution < 1.29 is 9.53 Å². The van der Waals surface area contributed by atoms with E-state index in [1.807, 2.05) is 23.7 Å². The first-order valence-corrected chi connectivity index (χ1v) is 11.0. The molecule has 4 atom stereocenters. The zero-order valence-corrected chi connectivity index (χ0v) is 17.9. The van der Waals surface area contributed by atoms with Gasteiger partial charge in [0.1, 0.15) is 5.75 Å². The number of benzene rings is 1. The third kappa shape index (κ3) is 4.19. The van der Waals surface area contributed by atoms with Crippen LogP contribution in [0.15, 0.2) is 30.3 Å². The first kappa shape index (κ1) is 20.0. The molecular formula is C24H33N3O2. The van der Waals surface area contributed by atoms with Crippen molar-refractivity contribution in [3.05, 3.63) is 47.3 Å². The van der Waals surface area contributed by atoms with Gasteiger partial charge in [-0.2, -0.15) is 5.10 Å². The first-order valence-electron chi connectivity index (χ1n) is 11.0. The second-order valence-electron chi connectivity index (χ2n) is 8.76. The Morgan fingerprint density at radius 1 is 1.17 bits per heavy atom. The quantitative estimate of drug-likeness (QED) is 0.757. The van der Waals surface area contributed by atoms with Gasteiger partial charge in [-0.1, -0.05) is 25.0 Å². The molecule has 0 bridgehead atoms. The van der Waals surface area contributed by atoms with E-state index in [0.29, 0.717) is 24.2 Å². The zero-order chi connectivity index (χ0) is 20.4. The summed E-state index contributed by atoms with van der Waals surface area (Å²) in [5.74, 6) is 2.84. The predicted octanol–water partition coefficient (Wildman–Crippen LogP) is 4.38. The van der Waals surface area contributed by atoms with E-state index in [2.05, 4.69) is 35.5 Å². The molecule has 1 amide bonds. The molecule has 1 N–H and O–H groups in total.